The van der Waals surface area contributed by atoms with Gasteiger partial charge < -0.3 is 14.2 Å². The number of allylic oxidation sites excluding steroid dienone is 1. The minimum atomic E-state index is -0.895. The van der Waals surface area contributed by atoms with Gasteiger partial charge in [-0.2, -0.15) is 0 Å². The maximum atomic E-state index is 11.7. The molecule has 3 rings (SSSR count). The van der Waals surface area contributed by atoms with Crippen LogP contribution in [0.5, 0.6) is 5.75 Å². The lowest BCUT2D eigenvalue weighted by Gasteiger charge is -2.16. The second-order valence-electron chi connectivity index (χ2n) is 6.26. The molecule has 1 fully saturated rings. The number of cyclic esters (lactones) is 2. The first-order valence-corrected chi connectivity index (χ1v) is 8.58. The van der Waals surface area contributed by atoms with Crippen LogP contribution in [0.4, 0.5) is 4.79 Å². The number of benzene rings is 2. The van der Waals surface area contributed by atoms with Crippen molar-refractivity contribution in [2.45, 2.75) is 25.4 Å². The molecule has 0 bridgehead atoms. The van der Waals surface area contributed by atoms with Crippen molar-refractivity contribution in [1.82, 2.24) is 0 Å². The van der Waals surface area contributed by atoms with Crippen molar-refractivity contribution in [2.24, 2.45) is 0 Å². The van der Waals surface area contributed by atoms with Crippen LogP contribution in [-0.2, 0) is 15.9 Å². The Morgan fingerprint density at radius 3 is 2.50 bits per heavy atom. The monoisotopic (exact) mass is 350 g/mol. The highest BCUT2D eigenvalue weighted by atomic mass is 16.8. The highest BCUT2D eigenvalue weighted by molar-refractivity contribution is 5.68. The Hall–Kier alpha value is -3.01. The summed E-state index contributed by atoms with van der Waals surface area (Å²) in [7, 11) is 1.63. The van der Waals surface area contributed by atoms with Gasteiger partial charge in [0.05, 0.1) is 7.11 Å². The third-order valence-electron chi connectivity index (χ3n) is 4.29. The van der Waals surface area contributed by atoms with Gasteiger partial charge >= 0.3 is 6.16 Å². The molecule has 2 aromatic rings. The van der Waals surface area contributed by atoms with Gasteiger partial charge in [0.25, 0.3) is 0 Å². The molecule has 1 heterocycles. The lowest BCUT2D eigenvalue weighted by Crippen LogP contribution is -2.22. The number of hydrogen-bond donors (Lipinski definition) is 0. The number of rotatable bonds is 6. The van der Waals surface area contributed by atoms with Crippen molar-refractivity contribution in [3.8, 4) is 5.75 Å². The maximum Gasteiger partial charge on any atom is 0.515 e. The fourth-order valence-corrected chi connectivity index (χ4v) is 2.78. The first-order chi connectivity index (χ1) is 12.6. The van der Waals surface area contributed by atoms with Crippen molar-refractivity contribution >= 4 is 12.2 Å². The van der Waals surface area contributed by atoms with Gasteiger partial charge in [-0.1, -0.05) is 48.5 Å². The number of carbonyl (C=O) groups excluding carboxylic acids is 1. The molecule has 0 aliphatic carbocycles. The maximum absolute atomic E-state index is 11.7. The van der Waals surface area contributed by atoms with Crippen LogP contribution in [0.15, 0.2) is 72.5 Å². The van der Waals surface area contributed by atoms with Crippen LogP contribution >= 0.6 is 0 Å². The Morgan fingerprint density at radius 2 is 1.81 bits per heavy atom. The average molecular weight is 350 g/mol. The molecule has 0 spiro atoms. The highest BCUT2D eigenvalue weighted by Gasteiger charge is 2.41. The van der Waals surface area contributed by atoms with E-state index in [1.54, 1.807) is 7.11 Å². The van der Waals surface area contributed by atoms with Crippen molar-refractivity contribution in [3.63, 3.8) is 0 Å². The van der Waals surface area contributed by atoms with Gasteiger partial charge in [-0.05, 0) is 55.2 Å². The molecule has 1 atom stereocenters. The van der Waals surface area contributed by atoms with Crippen molar-refractivity contribution in [3.05, 3.63) is 83.6 Å². The van der Waals surface area contributed by atoms with Crippen LogP contribution in [0.1, 0.15) is 24.5 Å². The molecule has 0 amide bonds. The number of aryl methyl sites for hydroxylation is 1. The van der Waals surface area contributed by atoms with E-state index in [0.29, 0.717) is 5.76 Å². The van der Waals surface area contributed by atoms with E-state index >= 15 is 0 Å². The average Bonchev–Trinajstić information content (AvgIpc) is 2.95. The van der Waals surface area contributed by atoms with Crippen LogP contribution in [0.25, 0.3) is 6.08 Å². The molecule has 4 nitrogen and oxygen atoms in total. The zero-order chi connectivity index (χ0) is 18.4. The third-order valence-corrected chi connectivity index (χ3v) is 4.29. The SMILES string of the molecule is COc1ccc(/C=C/[C@]2(C)OC(=O)O/C2=C/CCc2ccccc2)cc1. The molecule has 26 heavy (non-hydrogen) atoms. The molecule has 0 radical (unpaired) electrons. The quantitative estimate of drug-likeness (QED) is 0.676. The minimum Gasteiger partial charge on any atom is -0.497 e. The van der Waals surface area contributed by atoms with Crippen LogP contribution in [0.3, 0.4) is 0 Å². The molecule has 1 saturated heterocycles. The van der Waals surface area contributed by atoms with E-state index in [-0.39, 0.29) is 0 Å². The second kappa shape index (κ2) is 7.91. The summed E-state index contributed by atoms with van der Waals surface area (Å²) in [5.74, 6) is 1.33. The van der Waals surface area contributed by atoms with Gasteiger partial charge in [0.15, 0.2) is 11.4 Å². The van der Waals surface area contributed by atoms with E-state index < -0.39 is 11.8 Å². The predicted molar refractivity (Wildman–Crippen MR) is 101 cm³/mol. The number of hydrogen-bond acceptors (Lipinski definition) is 4. The van der Waals surface area contributed by atoms with E-state index in [9.17, 15) is 4.79 Å². The summed E-state index contributed by atoms with van der Waals surface area (Å²) in [4.78, 5) is 11.7. The van der Waals surface area contributed by atoms with Crippen molar-refractivity contribution in [1.29, 1.82) is 0 Å². The Labute approximate surface area is 153 Å². The van der Waals surface area contributed by atoms with Gasteiger partial charge in [-0.15, -0.1) is 0 Å². The smallest absolute Gasteiger partial charge is 0.497 e. The first-order valence-electron chi connectivity index (χ1n) is 8.58. The van der Waals surface area contributed by atoms with Crippen LogP contribution < -0.4 is 4.74 Å². The topological polar surface area (TPSA) is 44.8 Å². The van der Waals surface area contributed by atoms with E-state index in [0.717, 1.165) is 24.2 Å². The Bertz CT molecular complexity index is 806. The highest BCUT2D eigenvalue weighted by Crippen LogP contribution is 2.33. The van der Waals surface area contributed by atoms with Crippen molar-refractivity contribution < 1.29 is 19.0 Å². The van der Waals surface area contributed by atoms with E-state index in [4.69, 9.17) is 14.2 Å². The largest absolute Gasteiger partial charge is 0.515 e. The number of ether oxygens (including phenoxy) is 3. The van der Waals surface area contributed by atoms with E-state index in [2.05, 4.69) is 12.1 Å². The molecule has 1 aliphatic heterocycles. The summed E-state index contributed by atoms with van der Waals surface area (Å²) >= 11 is 0. The molecule has 1 aliphatic rings. The normalized spacial score (nSPS) is 21.0. The summed E-state index contributed by atoms with van der Waals surface area (Å²) in [5.41, 5.74) is 1.33. The fourth-order valence-electron chi connectivity index (χ4n) is 2.78. The number of methoxy groups -OCH3 is 1. The third kappa shape index (κ3) is 4.33. The predicted octanol–water partition coefficient (Wildman–Crippen LogP) is 5.15. The summed E-state index contributed by atoms with van der Waals surface area (Å²) in [6.45, 7) is 1.83. The van der Waals surface area contributed by atoms with Crippen LogP contribution in [0.2, 0.25) is 0 Å². The van der Waals surface area contributed by atoms with Crippen LogP contribution in [-0.4, -0.2) is 18.9 Å². The van der Waals surface area contributed by atoms with E-state index in [1.165, 1.54) is 5.56 Å². The Kier molecular flexibility index (Phi) is 5.42. The zero-order valence-corrected chi connectivity index (χ0v) is 15.0. The summed E-state index contributed by atoms with van der Waals surface area (Å²) in [6.07, 6.45) is 6.65. The molecular formula is C22H22O4. The molecule has 0 saturated carbocycles. The summed E-state index contributed by atoms with van der Waals surface area (Å²) in [5, 5.41) is 0. The van der Waals surface area contributed by atoms with Gasteiger partial charge in [-0.3, -0.25) is 0 Å². The molecule has 134 valence electrons. The number of carbonyl (C=O) groups is 1. The van der Waals surface area contributed by atoms with Gasteiger partial charge in [0.2, 0.25) is 0 Å². The summed E-state index contributed by atoms with van der Waals surface area (Å²) in [6, 6.07) is 17.8. The Morgan fingerprint density at radius 1 is 1.08 bits per heavy atom. The van der Waals surface area contributed by atoms with Crippen LogP contribution in [0, 0.1) is 0 Å². The molecule has 4 heteroatoms. The lowest BCUT2D eigenvalue weighted by molar-refractivity contribution is 0.100. The first kappa shape index (κ1) is 17.8. The second-order valence-corrected chi connectivity index (χ2v) is 6.26. The molecule has 0 aromatic heterocycles. The minimum absolute atomic E-state index is 0.531. The lowest BCUT2D eigenvalue weighted by atomic mass is 10.00. The molecule has 0 N–H and O–H groups in total. The van der Waals surface area contributed by atoms with Gasteiger partial charge in [-0.25, -0.2) is 4.79 Å². The molecule has 2 aromatic carbocycles. The Balaban J connectivity index is 1.71. The standard InChI is InChI=1S/C22H22O4/c1-22(16-15-18-11-13-19(24-2)14-12-18)20(25-21(23)26-22)10-6-9-17-7-4-3-5-8-17/h3-5,7-8,10-16H,6,9H2,1-2H3/b16-15+,20-10+/t22-/m0/s1. The molecule has 0 unspecified atom stereocenters. The van der Waals surface area contributed by atoms with Gasteiger partial charge in [0.1, 0.15) is 5.75 Å². The zero-order valence-electron chi connectivity index (χ0n) is 15.0. The van der Waals surface area contributed by atoms with Crippen molar-refractivity contribution in [2.75, 3.05) is 7.11 Å². The summed E-state index contributed by atoms with van der Waals surface area (Å²) < 4.78 is 15.8. The van der Waals surface area contributed by atoms with E-state index in [1.807, 2.05) is 67.6 Å². The van der Waals surface area contributed by atoms with Gasteiger partial charge in [0, 0.05) is 0 Å². The fraction of sp³-hybridized carbons (Fsp3) is 0.227. The molecular weight excluding hydrogens is 328 g/mol.